The van der Waals surface area contributed by atoms with Gasteiger partial charge in [-0.25, -0.2) is 4.39 Å². The van der Waals surface area contributed by atoms with E-state index in [1.807, 2.05) is 13.8 Å². The molecule has 94 valence electrons. The Bertz CT molecular complexity index is 396. The van der Waals surface area contributed by atoms with Gasteiger partial charge in [-0.15, -0.1) is 0 Å². The lowest BCUT2D eigenvalue weighted by Gasteiger charge is -2.09. The Balaban J connectivity index is 2.47. The first-order valence-corrected chi connectivity index (χ1v) is 6.15. The van der Waals surface area contributed by atoms with E-state index < -0.39 is 11.7 Å². The second-order valence-electron chi connectivity index (χ2n) is 3.80. The highest BCUT2D eigenvalue weighted by Crippen LogP contribution is 2.14. The summed E-state index contributed by atoms with van der Waals surface area (Å²) in [6, 6.07) is 4.33. The standard InChI is InChI=1S/C12H15BrFNO2/c1-8(2)17-6-5-15-12(16)10-4-3-9(13)7-11(10)14/h3-4,7-8H,5-6H2,1-2H3,(H,15,16). The summed E-state index contributed by atoms with van der Waals surface area (Å²) in [6.45, 7) is 4.61. The van der Waals surface area contributed by atoms with Crippen LogP contribution in [0.4, 0.5) is 4.39 Å². The van der Waals surface area contributed by atoms with E-state index in [2.05, 4.69) is 21.2 Å². The van der Waals surface area contributed by atoms with Gasteiger partial charge in [-0.1, -0.05) is 15.9 Å². The average molecular weight is 304 g/mol. The van der Waals surface area contributed by atoms with Gasteiger partial charge in [0.05, 0.1) is 18.3 Å². The molecule has 0 spiro atoms. The van der Waals surface area contributed by atoms with E-state index in [0.29, 0.717) is 17.6 Å². The maximum absolute atomic E-state index is 13.4. The van der Waals surface area contributed by atoms with Crippen molar-refractivity contribution in [3.05, 3.63) is 34.1 Å². The normalized spacial score (nSPS) is 10.6. The number of carbonyl (C=O) groups is 1. The third kappa shape index (κ3) is 4.83. The van der Waals surface area contributed by atoms with Crippen molar-refractivity contribution in [1.82, 2.24) is 5.32 Å². The Morgan fingerprint density at radius 1 is 1.53 bits per heavy atom. The molecule has 0 aliphatic rings. The van der Waals surface area contributed by atoms with Gasteiger partial charge in [-0.3, -0.25) is 4.79 Å². The topological polar surface area (TPSA) is 38.3 Å². The molecule has 1 rings (SSSR count). The fraction of sp³-hybridized carbons (Fsp3) is 0.417. The molecule has 0 aromatic heterocycles. The molecule has 0 unspecified atom stereocenters. The van der Waals surface area contributed by atoms with Crippen molar-refractivity contribution in [2.24, 2.45) is 0 Å². The Kier molecular flexibility index (Phi) is 5.58. The molecule has 0 aliphatic heterocycles. The van der Waals surface area contributed by atoms with Crippen LogP contribution in [-0.4, -0.2) is 25.2 Å². The van der Waals surface area contributed by atoms with Gasteiger partial charge in [0.2, 0.25) is 0 Å². The fourth-order valence-corrected chi connectivity index (χ4v) is 1.56. The first kappa shape index (κ1) is 14.1. The van der Waals surface area contributed by atoms with Crippen LogP contribution in [0.1, 0.15) is 24.2 Å². The van der Waals surface area contributed by atoms with E-state index >= 15 is 0 Å². The van der Waals surface area contributed by atoms with Crippen molar-refractivity contribution in [1.29, 1.82) is 0 Å². The van der Waals surface area contributed by atoms with E-state index in [-0.39, 0.29) is 11.7 Å². The van der Waals surface area contributed by atoms with Gasteiger partial charge < -0.3 is 10.1 Å². The van der Waals surface area contributed by atoms with Crippen LogP contribution < -0.4 is 5.32 Å². The third-order valence-corrected chi connectivity index (χ3v) is 2.51. The first-order chi connectivity index (χ1) is 8.00. The van der Waals surface area contributed by atoms with Crippen molar-refractivity contribution in [3.8, 4) is 0 Å². The molecule has 5 heteroatoms. The van der Waals surface area contributed by atoms with Crippen molar-refractivity contribution in [2.75, 3.05) is 13.2 Å². The first-order valence-electron chi connectivity index (χ1n) is 5.35. The molecule has 0 fully saturated rings. The number of benzene rings is 1. The van der Waals surface area contributed by atoms with Gasteiger partial charge >= 0.3 is 0 Å². The number of rotatable bonds is 5. The van der Waals surface area contributed by atoms with E-state index in [1.54, 1.807) is 6.07 Å². The lowest BCUT2D eigenvalue weighted by molar-refractivity contribution is 0.0745. The van der Waals surface area contributed by atoms with Crippen LogP contribution in [0.3, 0.4) is 0 Å². The van der Waals surface area contributed by atoms with Crippen LogP contribution in [0.15, 0.2) is 22.7 Å². The highest BCUT2D eigenvalue weighted by atomic mass is 79.9. The van der Waals surface area contributed by atoms with E-state index in [9.17, 15) is 9.18 Å². The molecule has 0 atom stereocenters. The number of hydrogen-bond acceptors (Lipinski definition) is 2. The Hall–Kier alpha value is -0.940. The third-order valence-electron chi connectivity index (χ3n) is 2.01. The summed E-state index contributed by atoms with van der Waals surface area (Å²) < 4.78 is 19.3. The zero-order valence-corrected chi connectivity index (χ0v) is 11.4. The summed E-state index contributed by atoms with van der Waals surface area (Å²) in [4.78, 5) is 11.6. The highest BCUT2D eigenvalue weighted by Gasteiger charge is 2.11. The zero-order valence-electron chi connectivity index (χ0n) is 9.80. The molecule has 0 heterocycles. The zero-order chi connectivity index (χ0) is 12.8. The molecule has 0 aliphatic carbocycles. The number of amides is 1. The molecule has 1 aromatic carbocycles. The molecule has 1 N–H and O–H groups in total. The summed E-state index contributed by atoms with van der Waals surface area (Å²) in [5, 5.41) is 2.60. The lowest BCUT2D eigenvalue weighted by Crippen LogP contribution is -2.28. The van der Waals surface area contributed by atoms with E-state index in [1.165, 1.54) is 12.1 Å². The molecule has 17 heavy (non-hydrogen) atoms. The minimum absolute atomic E-state index is 0.0396. The van der Waals surface area contributed by atoms with Gasteiger partial charge in [0.15, 0.2) is 0 Å². The van der Waals surface area contributed by atoms with Crippen molar-refractivity contribution < 1.29 is 13.9 Å². The quantitative estimate of drug-likeness (QED) is 0.850. The summed E-state index contributed by atoms with van der Waals surface area (Å²) in [7, 11) is 0. The maximum atomic E-state index is 13.4. The van der Waals surface area contributed by atoms with Gasteiger partial charge in [-0.2, -0.15) is 0 Å². The van der Waals surface area contributed by atoms with Gasteiger partial charge in [0, 0.05) is 11.0 Å². The summed E-state index contributed by atoms with van der Waals surface area (Å²) in [5.74, 6) is -0.969. The molecule has 0 bridgehead atoms. The average Bonchev–Trinajstić information content (AvgIpc) is 2.23. The van der Waals surface area contributed by atoms with Crippen molar-refractivity contribution in [3.63, 3.8) is 0 Å². The number of ether oxygens (including phenoxy) is 1. The number of halogens is 2. The van der Waals surface area contributed by atoms with Crippen LogP contribution >= 0.6 is 15.9 Å². The predicted octanol–water partition coefficient (Wildman–Crippen LogP) is 2.74. The van der Waals surface area contributed by atoms with E-state index in [0.717, 1.165) is 0 Å². The SMILES string of the molecule is CC(C)OCCNC(=O)c1ccc(Br)cc1F. The fourth-order valence-electron chi connectivity index (χ4n) is 1.23. The lowest BCUT2D eigenvalue weighted by atomic mass is 10.2. The Morgan fingerprint density at radius 3 is 2.82 bits per heavy atom. The van der Waals surface area contributed by atoms with Gasteiger partial charge in [-0.05, 0) is 32.0 Å². The van der Waals surface area contributed by atoms with Crippen LogP contribution in [0.2, 0.25) is 0 Å². The smallest absolute Gasteiger partial charge is 0.254 e. The maximum Gasteiger partial charge on any atom is 0.254 e. The van der Waals surface area contributed by atoms with Crippen LogP contribution in [0.25, 0.3) is 0 Å². The molecular weight excluding hydrogens is 289 g/mol. The second-order valence-corrected chi connectivity index (χ2v) is 4.72. The minimum Gasteiger partial charge on any atom is -0.377 e. The summed E-state index contributed by atoms with van der Waals surface area (Å²) >= 11 is 3.13. The van der Waals surface area contributed by atoms with Crippen LogP contribution in [0.5, 0.6) is 0 Å². The molecule has 3 nitrogen and oxygen atoms in total. The Morgan fingerprint density at radius 2 is 2.24 bits per heavy atom. The largest absolute Gasteiger partial charge is 0.377 e. The summed E-state index contributed by atoms with van der Waals surface area (Å²) in [6.07, 6.45) is 0.122. The predicted molar refractivity (Wildman–Crippen MR) is 67.5 cm³/mol. The molecule has 1 aromatic rings. The van der Waals surface area contributed by atoms with Gasteiger partial charge in [0.1, 0.15) is 5.82 Å². The highest BCUT2D eigenvalue weighted by molar-refractivity contribution is 9.10. The second kappa shape index (κ2) is 6.71. The number of nitrogens with one attached hydrogen (secondary N) is 1. The number of hydrogen-bond donors (Lipinski definition) is 1. The van der Waals surface area contributed by atoms with Crippen molar-refractivity contribution in [2.45, 2.75) is 20.0 Å². The molecule has 0 saturated carbocycles. The van der Waals surface area contributed by atoms with Crippen molar-refractivity contribution >= 4 is 21.8 Å². The van der Waals surface area contributed by atoms with E-state index in [4.69, 9.17) is 4.74 Å². The molecule has 0 saturated heterocycles. The summed E-state index contributed by atoms with van der Waals surface area (Å²) in [5.41, 5.74) is 0.0396. The monoisotopic (exact) mass is 303 g/mol. The Labute approximate surface area is 108 Å². The molecule has 1 amide bonds. The van der Waals surface area contributed by atoms with Crippen LogP contribution in [-0.2, 0) is 4.74 Å². The van der Waals surface area contributed by atoms with Crippen LogP contribution in [0, 0.1) is 5.82 Å². The minimum atomic E-state index is -0.540. The molecule has 0 radical (unpaired) electrons. The number of carbonyl (C=O) groups excluding carboxylic acids is 1. The van der Waals surface area contributed by atoms with Gasteiger partial charge in [0.25, 0.3) is 5.91 Å². The molecular formula is C12H15BrFNO2.